The fourth-order valence-corrected chi connectivity index (χ4v) is 2.51. The largest absolute Gasteiger partial charge is 0.347 e. The first-order valence-corrected chi connectivity index (χ1v) is 7.89. The summed E-state index contributed by atoms with van der Waals surface area (Å²) in [7, 11) is 0. The first kappa shape index (κ1) is 15.8. The molecule has 2 nitrogen and oxygen atoms in total. The highest BCUT2D eigenvalue weighted by Gasteiger charge is 2.13. The van der Waals surface area contributed by atoms with Gasteiger partial charge in [-0.25, -0.2) is 0 Å². The molecule has 2 aromatic rings. The summed E-state index contributed by atoms with van der Waals surface area (Å²) in [5, 5.41) is 0. The Bertz CT molecular complexity index is 558. The fraction of sp³-hybridized carbons (Fsp3) is 0.474. The Morgan fingerprint density at radius 3 is 2.33 bits per heavy atom. The molecule has 2 N–H and O–H groups in total. The molecule has 21 heavy (non-hydrogen) atoms. The number of benzene rings is 1. The molecule has 1 unspecified atom stereocenters. The smallest absolute Gasteiger partial charge is 0.0472 e. The molecule has 1 aromatic carbocycles. The van der Waals surface area contributed by atoms with Crippen molar-refractivity contribution in [3.05, 3.63) is 59.4 Å². The van der Waals surface area contributed by atoms with Crippen LogP contribution < -0.4 is 5.73 Å². The molecule has 0 aliphatic rings. The maximum atomic E-state index is 6.08. The molecule has 0 aliphatic heterocycles. The predicted molar refractivity (Wildman–Crippen MR) is 90.6 cm³/mol. The van der Waals surface area contributed by atoms with Crippen molar-refractivity contribution in [2.24, 2.45) is 5.73 Å². The SMILES string of the molecule is CCC(N)Cc1cccn1Cc1ccc(C(C)(C)C)cc1. The fourth-order valence-electron chi connectivity index (χ4n) is 2.51. The number of nitrogens with two attached hydrogens (primary N) is 1. The predicted octanol–water partition coefficient (Wildman–Crippen LogP) is 4.11. The molecule has 0 saturated carbocycles. The highest BCUT2D eigenvalue weighted by atomic mass is 15.0. The van der Waals surface area contributed by atoms with E-state index < -0.39 is 0 Å². The topological polar surface area (TPSA) is 30.9 Å². The molecule has 0 aliphatic carbocycles. The summed E-state index contributed by atoms with van der Waals surface area (Å²) in [5.41, 5.74) is 10.3. The minimum absolute atomic E-state index is 0.213. The summed E-state index contributed by atoms with van der Waals surface area (Å²) < 4.78 is 2.31. The van der Waals surface area contributed by atoms with Crippen molar-refractivity contribution < 1.29 is 0 Å². The van der Waals surface area contributed by atoms with Gasteiger partial charge in [-0.15, -0.1) is 0 Å². The zero-order valence-electron chi connectivity index (χ0n) is 13.8. The van der Waals surface area contributed by atoms with Crippen molar-refractivity contribution in [1.82, 2.24) is 4.57 Å². The maximum absolute atomic E-state index is 6.08. The Morgan fingerprint density at radius 1 is 1.10 bits per heavy atom. The molecule has 1 aromatic heterocycles. The third-order valence-electron chi connectivity index (χ3n) is 4.09. The van der Waals surface area contributed by atoms with Gasteiger partial charge in [0.1, 0.15) is 0 Å². The van der Waals surface area contributed by atoms with Crippen LogP contribution in [0.25, 0.3) is 0 Å². The average Bonchev–Trinajstić information content (AvgIpc) is 2.85. The van der Waals surface area contributed by atoms with E-state index in [-0.39, 0.29) is 11.5 Å². The molecular weight excluding hydrogens is 256 g/mol. The van der Waals surface area contributed by atoms with E-state index in [1.807, 2.05) is 0 Å². The minimum Gasteiger partial charge on any atom is -0.347 e. The van der Waals surface area contributed by atoms with Crippen LogP contribution in [-0.2, 0) is 18.4 Å². The Morgan fingerprint density at radius 2 is 1.76 bits per heavy atom. The van der Waals surface area contributed by atoms with Crippen molar-refractivity contribution in [2.75, 3.05) is 0 Å². The zero-order chi connectivity index (χ0) is 15.5. The summed E-state index contributed by atoms with van der Waals surface area (Å²) in [5.74, 6) is 0. The highest BCUT2D eigenvalue weighted by molar-refractivity contribution is 5.28. The van der Waals surface area contributed by atoms with Crippen molar-refractivity contribution in [3.8, 4) is 0 Å². The Kier molecular flexibility index (Phi) is 4.89. The quantitative estimate of drug-likeness (QED) is 0.880. The van der Waals surface area contributed by atoms with Gasteiger partial charge in [0.15, 0.2) is 0 Å². The summed E-state index contributed by atoms with van der Waals surface area (Å²) in [6, 6.07) is 13.5. The van der Waals surface area contributed by atoms with Gasteiger partial charge in [-0.1, -0.05) is 52.0 Å². The van der Waals surface area contributed by atoms with Crippen LogP contribution in [0.4, 0.5) is 0 Å². The molecule has 0 spiro atoms. The van der Waals surface area contributed by atoms with E-state index in [0.29, 0.717) is 0 Å². The monoisotopic (exact) mass is 284 g/mol. The molecule has 0 saturated heterocycles. The van der Waals surface area contributed by atoms with Crippen molar-refractivity contribution in [2.45, 2.75) is 58.5 Å². The minimum atomic E-state index is 0.213. The number of rotatable bonds is 5. The molecule has 0 fully saturated rings. The van der Waals surface area contributed by atoms with Gasteiger partial charge in [0.2, 0.25) is 0 Å². The Labute approximate surface area is 129 Å². The molecule has 1 atom stereocenters. The van der Waals surface area contributed by atoms with Gasteiger partial charge in [-0.2, -0.15) is 0 Å². The maximum Gasteiger partial charge on any atom is 0.0472 e. The standard InChI is InChI=1S/C19H28N2/c1-5-17(20)13-18-7-6-12-21(18)14-15-8-10-16(11-9-15)19(2,3)4/h6-12,17H,5,13-14,20H2,1-4H3. The molecule has 0 bridgehead atoms. The number of nitrogens with zero attached hydrogens (tertiary/aromatic N) is 1. The van der Waals surface area contributed by atoms with Crippen LogP contribution in [0.2, 0.25) is 0 Å². The number of hydrogen-bond acceptors (Lipinski definition) is 1. The second-order valence-electron chi connectivity index (χ2n) is 6.95. The van der Waals surface area contributed by atoms with Crippen molar-refractivity contribution >= 4 is 0 Å². The third kappa shape index (κ3) is 4.21. The van der Waals surface area contributed by atoms with Crippen molar-refractivity contribution in [1.29, 1.82) is 0 Å². The van der Waals surface area contributed by atoms with Crippen LogP contribution in [0.1, 0.15) is 50.9 Å². The lowest BCUT2D eigenvalue weighted by atomic mass is 9.87. The van der Waals surface area contributed by atoms with Crippen LogP contribution in [0.5, 0.6) is 0 Å². The molecule has 2 rings (SSSR count). The van der Waals surface area contributed by atoms with Gasteiger partial charge in [0.05, 0.1) is 0 Å². The van der Waals surface area contributed by atoms with Gasteiger partial charge in [0, 0.05) is 30.9 Å². The van der Waals surface area contributed by atoms with Crippen LogP contribution in [0.15, 0.2) is 42.6 Å². The molecule has 2 heteroatoms. The lowest BCUT2D eigenvalue weighted by molar-refractivity contribution is 0.589. The summed E-state index contributed by atoms with van der Waals surface area (Å²) in [6.45, 7) is 9.81. The van der Waals surface area contributed by atoms with Crippen LogP contribution in [0, 0.1) is 0 Å². The average molecular weight is 284 g/mol. The van der Waals surface area contributed by atoms with Gasteiger partial charge in [-0.05, 0) is 35.1 Å². The van der Waals surface area contributed by atoms with Gasteiger partial charge >= 0.3 is 0 Å². The van der Waals surface area contributed by atoms with E-state index in [9.17, 15) is 0 Å². The molecule has 0 amide bonds. The van der Waals surface area contributed by atoms with Crippen molar-refractivity contribution in [3.63, 3.8) is 0 Å². The second kappa shape index (κ2) is 6.48. The van der Waals surface area contributed by atoms with Crippen LogP contribution in [-0.4, -0.2) is 10.6 Å². The lowest BCUT2D eigenvalue weighted by Crippen LogP contribution is -2.23. The normalized spacial score (nSPS) is 13.4. The zero-order valence-corrected chi connectivity index (χ0v) is 13.8. The molecule has 0 radical (unpaired) electrons. The van der Waals surface area contributed by atoms with Gasteiger partial charge < -0.3 is 10.3 Å². The van der Waals surface area contributed by atoms with E-state index in [1.54, 1.807) is 0 Å². The first-order chi connectivity index (χ1) is 9.90. The summed E-state index contributed by atoms with van der Waals surface area (Å²) >= 11 is 0. The van der Waals surface area contributed by atoms with Crippen LogP contribution >= 0.6 is 0 Å². The highest BCUT2D eigenvalue weighted by Crippen LogP contribution is 2.22. The van der Waals surface area contributed by atoms with E-state index in [1.165, 1.54) is 16.8 Å². The second-order valence-corrected chi connectivity index (χ2v) is 6.95. The first-order valence-electron chi connectivity index (χ1n) is 7.89. The Balaban J connectivity index is 2.10. The van der Waals surface area contributed by atoms with Gasteiger partial charge in [0.25, 0.3) is 0 Å². The van der Waals surface area contributed by atoms with E-state index in [4.69, 9.17) is 5.73 Å². The molecule has 1 heterocycles. The summed E-state index contributed by atoms with van der Waals surface area (Å²) in [6.07, 6.45) is 4.12. The third-order valence-corrected chi connectivity index (χ3v) is 4.09. The summed E-state index contributed by atoms with van der Waals surface area (Å²) in [4.78, 5) is 0. The van der Waals surface area contributed by atoms with E-state index >= 15 is 0 Å². The van der Waals surface area contributed by atoms with Gasteiger partial charge in [-0.3, -0.25) is 0 Å². The Hall–Kier alpha value is -1.54. The number of hydrogen-bond donors (Lipinski definition) is 1. The number of aromatic nitrogens is 1. The lowest BCUT2D eigenvalue weighted by Gasteiger charge is -2.19. The van der Waals surface area contributed by atoms with E-state index in [0.717, 1.165) is 19.4 Å². The molecular formula is C19H28N2. The van der Waals surface area contributed by atoms with E-state index in [2.05, 4.69) is 74.9 Å². The molecule has 114 valence electrons. The van der Waals surface area contributed by atoms with Crippen LogP contribution in [0.3, 0.4) is 0 Å².